The summed E-state index contributed by atoms with van der Waals surface area (Å²) in [6.07, 6.45) is -4.35. The van der Waals surface area contributed by atoms with Crippen LogP contribution in [0.3, 0.4) is 0 Å². The molecular weight excluding hydrogens is 574 g/mol. The lowest BCUT2D eigenvalue weighted by Gasteiger charge is -2.35. The summed E-state index contributed by atoms with van der Waals surface area (Å²) in [5.41, 5.74) is -6.34. The van der Waals surface area contributed by atoms with Crippen molar-refractivity contribution >= 4 is 46.1 Å². The topological polar surface area (TPSA) is 243 Å². The van der Waals surface area contributed by atoms with E-state index in [9.17, 15) is 49.2 Å². The van der Waals surface area contributed by atoms with Crippen LogP contribution < -0.4 is 11.2 Å². The molecule has 15 nitrogen and oxygen atoms in total. The van der Waals surface area contributed by atoms with Crippen molar-refractivity contribution < 1.29 is 39.6 Å². The van der Waals surface area contributed by atoms with Crippen molar-refractivity contribution in [2.75, 3.05) is 12.4 Å². The summed E-state index contributed by atoms with van der Waals surface area (Å²) < 4.78 is 1.02. The summed E-state index contributed by atoms with van der Waals surface area (Å²) >= 11 is 0.453. The second-order valence-electron chi connectivity index (χ2n) is 9.66. The predicted octanol–water partition coefficient (Wildman–Crippen LogP) is -1.03. The number of carbonyl (C=O) groups is 4. The standard InChI is InChI=1S/C26H27N5O10S/c1-10-11(2)18(13(4)34)21-19(17(10)12(3)33)28-20-23(29-25(40)31(24(20)39)16(37)7-42-9-27)30(21)8-26(41,14(5)35)22(38)15(36)6-32/h15,22,32,36,38,41H,6-8H2,1-5H3. The summed E-state index contributed by atoms with van der Waals surface area (Å²) in [6, 6.07) is 0. The number of aliphatic hydroxyl groups excluding tert-OH is 3. The van der Waals surface area contributed by atoms with E-state index in [1.807, 2.05) is 0 Å². The van der Waals surface area contributed by atoms with Crippen molar-refractivity contribution in [3.05, 3.63) is 43.1 Å². The van der Waals surface area contributed by atoms with E-state index in [1.165, 1.54) is 27.7 Å². The van der Waals surface area contributed by atoms with Gasteiger partial charge in [0.05, 0.1) is 29.9 Å². The SMILES string of the molecule is CC(=O)c1c(C)c(C)c(C(C)=O)c2c1nc1c(=O)n(C(=O)CSC#N)c(=O)nc-1n2CC(O)(C(C)=O)C(O)C(O)CO. The predicted molar refractivity (Wildman–Crippen MR) is 148 cm³/mol. The van der Waals surface area contributed by atoms with Crippen LogP contribution in [0.5, 0.6) is 0 Å². The van der Waals surface area contributed by atoms with Crippen LogP contribution in [0.2, 0.25) is 0 Å². The molecule has 42 heavy (non-hydrogen) atoms. The fourth-order valence-electron chi connectivity index (χ4n) is 4.79. The Morgan fingerprint density at radius 3 is 2.10 bits per heavy atom. The van der Waals surface area contributed by atoms with Gasteiger partial charge in [0.2, 0.25) is 5.91 Å². The minimum Gasteiger partial charge on any atom is -0.394 e. The Morgan fingerprint density at radius 1 is 1.02 bits per heavy atom. The van der Waals surface area contributed by atoms with Gasteiger partial charge in [-0.3, -0.25) is 24.0 Å². The molecule has 0 saturated carbocycles. The lowest BCUT2D eigenvalue weighted by atomic mass is 9.87. The van der Waals surface area contributed by atoms with Gasteiger partial charge >= 0.3 is 5.69 Å². The van der Waals surface area contributed by atoms with E-state index in [0.29, 0.717) is 17.3 Å². The van der Waals surface area contributed by atoms with Gasteiger partial charge in [-0.05, 0) is 57.5 Å². The number of ketones is 3. The summed E-state index contributed by atoms with van der Waals surface area (Å²) in [4.78, 5) is 85.7. The molecule has 2 aliphatic heterocycles. The molecule has 0 bridgehead atoms. The number of hydrogen-bond donors (Lipinski definition) is 4. The Hall–Kier alpha value is -4.14. The van der Waals surface area contributed by atoms with Gasteiger partial charge in [-0.2, -0.15) is 14.8 Å². The number of nitriles is 1. The number of aromatic nitrogens is 4. The first-order valence-corrected chi connectivity index (χ1v) is 13.3. The van der Waals surface area contributed by atoms with E-state index in [2.05, 4.69) is 9.97 Å². The molecule has 0 fully saturated rings. The molecule has 4 N–H and O–H groups in total. The summed E-state index contributed by atoms with van der Waals surface area (Å²) in [7, 11) is 0. The summed E-state index contributed by atoms with van der Waals surface area (Å²) in [5.74, 6) is -4.56. The van der Waals surface area contributed by atoms with Gasteiger partial charge in [0.1, 0.15) is 17.6 Å². The van der Waals surface area contributed by atoms with Crippen LogP contribution in [0, 0.1) is 24.5 Å². The van der Waals surface area contributed by atoms with E-state index in [-0.39, 0.29) is 32.3 Å². The van der Waals surface area contributed by atoms with Crippen LogP contribution in [-0.4, -0.2) is 93.0 Å². The fraction of sp³-hybridized carbons (Fsp3) is 0.423. The number of thiocyanates is 1. The minimum atomic E-state index is -2.91. The van der Waals surface area contributed by atoms with Crippen LogP contribution in [0.1, 0.15) is 57.4 Å². The second-order valence-corrected chi connectivity index (χ2v) is 10.4. The third kappa shape index (κ3) is 5.28. The molecule has 0 spiro atoms. The van der Waals surface area contributed by atoms with Crippen molar-refractivity contribution in [3.63, 3.8) is 0 Å². The third-order valence-electron chi connectivity index (χ3n) is 7.03. The number of Topliss-reactive ketones (excluding diaryl/α,β-unsaturated/α-hetero) is 3. The molecule has 1 aromatic rings. The highest BCUT2D eigenvalue weighted by Gasteiger charge is 2.46. The average molecular weight is 602 g/mol. The number of rotatable bonds is 10. The van der Waals surface area contributed by atoms with Crippen molar-refractivity contribution in [2.45, 2.75) is 59.0 Å². The van der Waals surface area contributed by atoms with Crippen LogP contribution >= 0.6 is 11.8 Å². The van der Waals surface area contributed by atoms with Gasteiger partial charge in [-0.1, -0.05) is 0 Å². The van der Waals surface area contributed by atoms with Gasteiger partial charge in [0, 0.05) is 11.1 Å². The zero-order chi connectivity index (χ0) is 31.8. The molecule has 3 rings (SSSR count). The molecule has 0 saturated heterocycles. The second kappa shape index (κ2) is 12.0. The minimum absolute atomic E-state index is 0.0611. The van der Waals surface area contributed by atoms with Crippen molar-refractivity contribution in [1.82, 2.24) is 19.1 Å². The maximum atomic E-state index is 13.5. The number of fused-ring (bicyclic) bond motifs is 2. The molecule has 2 heterocycles. The maximum absolute atomic E-state index is 13.5. The van der Waals surface area contributed by atoms with Crippen LogP contribution in [0.4, 0.5) is 0 Å². The first kappa shape index (κ1) is 32.4. The molecular formula is C26H27N5O10S. The van der Waals surface area contributed by atoms with E-state index in [4.69, 9.17) is 5.26 Å². The normalized spacial score (nSPS) is 14.3. The zero-order valence-electron chi connectivity index (χ0n) is 23.2. The molecule has 0 aliphatic carbocycles. The van der Waals surface area contributed by atoms with Gasteiger partial charge < -0.3 is 25.0 Å². The fourth-order valence-corrected chi connectivity index (χ4v) is 5.11. The highest BCUT2D eigenvalue weighted by atomic mass is 32.2. The first-order valence-electron chi connectivity index (χ1n) is 12.3. The summed E-state index contributed by atoms with van der Waals surface area (Å²) in [6.45, 7) is 4.17. The molecule has 3 atom stereocenters. The Morgan fingerprint density at radius 2 is 1.60 bits per heavy atom. The lowest BCUT2D eigenvalue weighted by molar-refractivity contribution is -0.166. The first-order chi connectivity index (χ1) is 19.5. The van der Waals surface area contributed by atoms with E-state index in [1.54, 1.807) is 5.40 Å². The number of benzene rings is 1. The highest BCUT2D eigenvalue weighted by Crippen LogP contribution is 2.34. The molecule has 1 aromatic carbocycles. The summed E-state index contributed by atoms with van der Waals surface area (Å²) in [5, 5.41) is 52.0. The number of thioether (sulfide) groups is 1. The van der Waals surface area contributed by atoms with Crippen molar-refractivity contribution in [1.29, 1.82) is 5.26 Å². The largest absolute Gasteiger partial charge is 0.394 e. The molecule has 3 unspecified atom stereocenters. The number of nitrogens with zero attached hydrogens (tertiary/aromatic N) is 5. The van der Waals surface area contributed by atoms with Crippen molar-refractivity contribution in [2.24, 2.45) is 0 Å². The number of aliphatic hydroxyl groups is 4. The smallest absolute Gasteiger partial charge is 0.359 e. The monoisotopic (exact) mass is 601 g/mol. The zero-order valence-corrected chi connectivity index (χ0v) is 24.0. The maximum Gasteiger partial charge on any atom is 0.359 e. The van der Waals surface area contributed by atoms with Gasteiger partial charge in [0.25, 0.3) is 5.56 Å². The van der Waals surface area contributed by atoms with E-state index in [0.717, 1.165) is 11.5 Å². The lowest BCUT2D eigenvalue weighted by Crippen LogP contribution is -2.57. The molecule has 2 aliphatic rings. The van der Waals surface area contributed by atoms with Crippen LogP contribution in [0.15, 0.2) is 9.59 Å². The van der Waals surface area contributed by atoms with Crippen LogP contribution in [-0.2, 0) is 11.3 Å². The molecule has 16 heteroatoms. The van der Waals surface area contributed by atoms with E-state index >= 15 is 0 Å². The van der Waals surface area contributed by atoms with Crippen LogP contribution in [0.25, 0.3) is 22.6 Å². The Balaban J connectivity index is 2.70. The third-order valence-corrected chi connectivity index (χ3v) is 7.55. The Kier molecular flexibility index (Phi) is 9.25. The quantitative estimate of drug-likeness (QED) is 0.123. The Bertz CT molecular complexity index is 1790. The van der Waals surface area contributed by atoms with Gasteiger partial charge in [-0.25, -0.2) is 9.78 Å². The Labute approximate surface area is 241 Å². The van der Waals surface area contributed by atoms with Gasteiger partial charge in [-0.15, -0.1) is 0 Å². The van der Waals surface area contributed by atoms with E-state index < -0.39 is 82.7 Å². The van der Waals surface area contributed by atoms with Gasteiger partial charge in [0.15, 0.2) is 34.5 Å². The highest BCUT2D eigenvalue weighted by molar-refractivity contribution is 8.04. The number of hydrogen-bond acceptors (Lipinski definition) is 14. The molecule has 0 amide bonds. The molecule has 0 aromatic heterocycles. The molecule has 222 valence electrons. The molecule has 0 radical (unpaired) electrons. The number of carbonyl (C=O) groups excluding carboxylic acids is 4. The average Bonchev–Trinajstić information content (AvgIpc) is 2.91. The van der Waals surface area contributed by atoms with Crippen molar-refractivity contribution in [3.8, 4) is 16.9 Å².